The number of allylic oxidation sites excluding steroid dienone is 1. The largest absolute Gasteiger partial charge is 0.274 e. The third-order valence-electron chi connectivity index (χ3n) is 3.48. The van der Waals surface area contributed by atoms with Gasteiger partial charge in [0, 0.05) is 0 Å². The van der Waals surface area contributed by atoms with Gasteiger partial charge >= 0.3 is 0 Å². The van der Waals surface area contributed by atoms with Crippen LogP contribution in [0.1, 0.15) is 5.56 Å². The molecule has 2 aromatic carbocycles. The lowest BCUT2D eigenvalue weighted by Gasteiger charge is -1.88. The van der Waals surface area contributed by atoms with E-state index in [0.29, 0.717) is 4.53 Å². The van der Waals surface area contributed by atoms with Crippen LogP contribution in [0.25, 0.3) is 28.1 Å². The van der Waals surface area contributed by atoms with E-state index in [1.54, 1.807) is 4.40 Å². The maximum Gasteiger partial charge on any atom is 0.274 e. The average Bonchev–Trinajstić information content (AvgIpc) is 3.06. The van der Waals surface area contributed by atoms with Gasteiger partial charge in [-0.05, 0) is 23.8 Å². The standard InChI is InChI=1S/C18H12N2OS/c21-17-16(12-6-9-13-7-2-1-3-8-13)22-18-19-14-10-4-5-11-15(14)20(17)18/h1-12H/b9-6-,16-12?. The number of imidazole rings is 1. The number of aromatic nitrogens is 2. The van der Waals surface area contributed by atoms with Crippen molar-refractivity contribution in [2.24, 2.45) is 0 Å². The summed E-state index contributed by atoms with van der Waals surface area (Å²) in [7, 11) is 0. The normalized spacial score (nSPS) is 12.8. The van der Waals surface area contributed by atoms with Crippen LogP contribution in [-0.2, 0) is 0 Å². The second-order valence-electron chi connectivity index (χ2n) is 4.93. The molecule has 0 amide bonds. The number of thiazole rings is 1. The third kappa shape index (κ3) is 2.14. The Balaban J connectivity index is 1.83. The quantitative estimate of drug-likeness (QED) is 0.570. The van der Waals surface area contributed by atoms with Crippen molar-refractivity contribution >= 4 is 39.5 Å². The first-order valence-electron chi connectivity index (χ1n) is 6.96. The molecule has 3 nitrogen and oxygen atoms in total. The molecule has 0 saturated heterocycles. The van der Waals surface area contributed by atoms with Crippen LogP contribution in [0, 0.1) is 0 Å². The summed E-state index contributed by atoms with van der Waals surface area (Å²) in [6.45, 7) is 0. The third-order valence-corrected chi connectivity index (χ3v) is 4.47. The zero-order chi connectivity index (χ0) is 14.9. The van der Waals surface area contributed by atoms with Gasteiger partial charge in [0.15, 0.2) is 4.96 Å². The highest BCUT2D eigenvalue weighted by Crippen LogP contribution is 2.15. The molecule has 0 atom stereocenters. The Morgan fingerprint density at radius 1 is 1.00 bits per heavy atom. The lowest BCUT2D eigenvalue weighted by molar-refractivity contribution is 1.19. The number of rotatable bonds is 2. The zero-order valence-corrected chi connectivity index (χ0v) is 12.5. The Morgan fingerprint density at radius 2 is 1.77 bits per heavy atom. The zero-order valence-electron chi connectivity index (χ0n) is 11.6. The first-order valence-corrected chi connectivity index (χ1v) is 7.78. The van der Waals surface area contributed by atoms with Crippen molar-refractivity contribution in [3.8, 4) is 0 Å². The molecule has 0 saturated carbocycles. The fraction of sp³-hybridized carbons (Fsp3) is 0. The summed E-state index contributed by atoms with van der Waals surface area (Å²) in [6, 6.07) is 17.7. The topological polar surface area (TPSA) is 34.4 Å². The van der Waals surface area contributed by atoms with Gasteiger partial charge in [-0.3, -0.25) is 4.79 Å². The van der Waals surface area contributed by atoms with E-state index in [9.17, 15) is 4.79 Å². The van der Waals surface area contributed by atoms with Crippen LogP contribution in [0.5, 0.6) is 0 Å². The van der Waals surface area contributed by atoms with Crippen molar-refractivity contribution in [3.05, 3.63) is 81.1 Å². The Hall–Kier alpha value is -2.72. The Morgan fingerprint density at radius 3 is 2.64 bits per heavy atom. The molecule has 22 heavy (non-hydrogen) atoms. The van der Waals surface area contributed by atoms with E-state index in [0.717, 1.165) is 21.6 Å². The van der Waals surface area contributed by atoms with Crippen molar-refractivity contribution in [3.63, 3.8) is 0 Å². The lowest BCUT2D eigenvalue weighted by Crippen LogP contribution is -2.22. The highest BCUT2D eigenvalue weighted by atomic mass is 32.1. The lowest BCUT2D eigenvalue weighted by atomic mass is 10.2. The molecule has 0 N–H and O–H groups in total. The molecule has 0 aliphatic rings. The summed E-state index contributed by atoms with van der Waals surface area (Å²) in [6.07, 6.45) is 5.74. The van der Waals surface area contributed by atoms with Crippen LogP contribution in [0.4, 0.5) is 0 Å². The molecule has 0 aliphatic carbocycles. The summed E-state index contributed by atoms with van der Waals surface area (Å²) in [4.78, 5) is 17.8. The fourth-order valence-electron chi connectivity index (χ4n) is 2.44. The molecular formula is C18H12N2OS. The van der Waals surface area contributed by atoms with Gasteiger partial charge < -0.3 is 0 Å². The van der Waals surface area contributed by atoms with Gasteiger partial charge in [0.05, 0.1) is 15.6 Å². The second-order valence-corrected chi connectivity index (χ2v) is 5.94. The summed E-state index contributed by atoms with van der Waals surface area (Å²) in [5, 5.41) is 0. The highest BCUT2D eigenvalue weighted by Gasteiger charge is 2.09. The monoisotopic (exact) mass is 304 g/mol. The van der Waals surface area contributed by atoms with Crippen molar-refractivity contribution in [1.29, 1.82) is 0 Å². The molecule has 0 fully saturated rings. The van der Waals surface area contributed by atoms with Crippen molar-refractivity contribution in [2.75, 3.05) is 0 Å². The van der Waals surface area contributed by atoms with Gasteiger partial charge in [-0.1, -0.05) is 66.0 Å². The molecule has 4 rings (SSSR count). The molecule has 2 aromatic heterocycles. The Bertz CT molecular complexity index is 1090. The van der Waals surface area contributed by atoms with Gasteiger partial charge in [-0.25, -0.2) is 9.38 Å². The van der Waals surface area contributed by atoms with Crippen LogP contribution in [-0.4, -0.2) is 9.38 Å². The summed E-state index contributed by atoms with van der Waals surface area (Å²) >= 11 is 1.42. The molecule has 2 heterocycles. The predicted octanol–water partition coefficient (Wildman–Crippen LogP) is 3.12. The number of nitrogens with zero attached hydrogens (tertiary/aromatic N) is 2. The maximum atomic E-state index is 12.5. The first-order chi connectivity index (χ1) is 10.8. The average molecular weight is 304 g/mol. The molecule has 4 aromatic rings. The van der Waals surface area contributed by atoms with Gasteiger partial charge in [0.2, 0.25) is 0 Å². The van der Waals surface area contributed by atoms with E-state index in [-0.39, 0.29) is 5.56 Å². The van der Waals surface area contributed by atoms with Crippen molar-refractivity contribution in [2.45, 2.75) is 0 Å². The molecule has 0 aliphatic heterocycles. The molecule has 0 radical (unpaired) electrons. The van der Waals surface area contributed by atoms with Crippen molar-refractivity contribution < 1.29 is 0 Å². The van der Waals surface area contributed by atoms with Crippen LogP contribution >= 0.6 is 11.3 Å². The number of fused-ring (bicyclic) bond motifs is 3. The first kappa shape index (κ1) is 13.0. The van der Waals surface area contributed by atoms with Crippen LogP contribution in [0.2, 0.25) is 0 Å². The van der Waals surface area contributed by atoms with Crippen molar-refractivity contribution in [1.82, 2.24) is 9.38 Å². The van der Waals surface area contributed by atoms with Gasteiger partial charge in [0.25, 0.3) is 5.56 Å². The van der Waals surface area contributed by atoms with Crippen LogP contribution in [0.15, 0.2) is 65.5 Å². The number of para-hydroxylation sites is 2. The highest BCUT2D eigenvalue weighted by molar-refractivity contribution is 7.15. The Kier molecular flexibility index (Phi) is 3.09. The maximum absolute atomic E-state index is 12.5. The Labute approximate surface area is 130 Å². The van der Waals surface area contributed by atoms with E-state index in [4.69, 9.17) is 0 Å². The minimum atomic E-state index is -0.00795. The van der Waals surface area contributed by atoms with Gasteiger partial charge in [-0.15, -0.1) is 0 Å². The number of benzene rings is 2. The van der Waals surface area contributed by atoms with E-state index in [1.165, 1.54) is 11.3 Å². The summed E-state index contributed by atoms with van der Waals surface area (Å²) in [5.74, 6) is 0. The number of hydrogen-bond donors (Lipinski definition) is 0. The van der Waals surface area contributed by atoms with Gasteiger partial charge in [-0.2, -0.15) is 0 Å². The predicted molar refractivity (Wildman–Crippen MR) is 92.0 cm³/mol. The second kappa shape index (κ2) is 5.24. The molecule has 0 spiro atoms. The molecule has 106 valence electrons. The molecular weight excluding hydrogens is 292 g/mol. The van der Waals surface area contributed by atoms with E-state index in [2.05, 4.69) is 4.98 Å². The van der Waals surface area contributed by atoms with Gasteiger partial charge in [0.1, 0.15) is 0 Å². The fourth-order valence-corrected chi connectivity index (χ4v) is 3.38. The van der Waals surface area contributed by atoms with E-state index >= 15 is 0 Å². The molecule has 0 bridgehead atoms. The SMILES string of the molecule is O=c1c(=C/C=C\c2ccccc2)sc2nc3ccccc3n12. The van der Waals surface area contributed by atoms with Crippen LogP contribution in [0.3, 0.4) is 0 Å². The summed E-state index contributed by atoms with van der Waals surface area (Å²) in [5.41, 5.74) is 2.83. The minimum absolute atomic E-state index is 0.00795. The number of hydrogen-bond acceptors (Lipinski definition) is 3. The molecule has 0 unspecified atom stereocenters. The smallest absolute Gasteiger partial charge is 0.267 e. The summed E-state index contributed by atoms with van der Waals surface area (Å²) < 4.78 is 2.38. The molecule has 4 heteroatoms. The van der Waals surface area contributed by atoms with E-state index < -0.39 is 0 Å². The van der Waals surface area contributed by atoms with E-state index in [1.807, 2.05) is 72.8 Å². The minimum Gasteiger partial charge on any atom is -0.267 e. The van der Waals surface area contributed by atoms with Crippen LogP contribution < -0.4 is 10.1 Å².